The lowest BCUT2D eigenvalue weighted by molar-refractivity contribution is -0.119. The van der Waals surface area contributed by atoms with Crippen molar-refractivity contribution < 1.29 is 9.59 Å². The fourth-order valence-electron chi connectivity index (χ4n) is 4.04. The quantitative estimate of drug-likeness (QED) is 0.426. The Morgan fingerprint density at radius 1 is 1.00 bits per heavy atom. The number of rotatable bonds is 8. The van der Waals surface area contributed by atoms with Gasteiger partial charge in [0.15, 0.2) is 5.96 Å². The van der Waals surface area contributed by atoms with Gasteiger partial charge in [0.25, 0.3) is 5.91 Å². The third-order valence-corrected chi connectivity index (χ3v) is 5.89. The minimum absolute atomic E-state index is 0.00366. The van der Waals surface area contributed by atoms with Crippen LogP contribution in [-0.2, 0) is 17.8 Å². The number of carbonyl (C=O) groups excluding carboxylic acids is 2. The van der Waals surface area contributed by atoms with Crippen LogP contribution in [0.1, 0.15) is 47.2 Å². The van der Waals surface area contributed by atoms with E-state index in [1.807, 2.05) is 48.5 Å². The number of aliphatic imine (C=N–C) groups is 1. The average molecular weight is 450 g/mol. The zero-order valence-corrected chi connectivity index (χ0v) is 19.9. The van der Waals surface area contributed by atoms with Gasteiger partial charge in [0, 0.05) is 51.4 Å². The highest BCUT2D eigenvalue weighted by Crippen LogP contribution is 2.26. The monoisotopic (exact) mass is 449 g/mol. The van der Waals surface area contributed by atoms with E-state index >= 15 is 0 Å². The molecular formula is C26H35N5O2. The topological polar surface area (TPSA) is 85.8 Å². The minimum Gasteiger partial charge on any atom is -0.356 e. The van der Waals surface area contributed by atoms with Crippen LogP contribution in [0, 0.1) is 5.92 Å². The first-order valence-corrected chi connectivity index (χ1v) is 11.6. The van der Waals surface area contributed by atoms with Crippen molar-refractivity contribution in [2.75, 3.05) is 33.0 Å². The first-order chi connectivity index (χ1) is 16.0. The molecule has 0 atom stereocenters. The smallest absolute Gasteiger partial charge is 0.253 e. The van der Waals surface area contributed by atoms with Crippen LogP contribution in [0.4, 0.5) is 5.69 Å². The SMILES string of the molecule is CN=C(NCCc1cccc(C(=O)N(C)C)c1)NCc1cccc(NC(=O)C2CCCC2)c1. The van der Waals surface area contributed by atoms with E-state index in [0.717, 1.165) is 48.9 Å². The van der Waals surface area contributed by atoms with Gasteiger partial charge in [-0.25, -0.2) is 0 Å². The van der Waals surface area contributed by atoms with E-state index in [1.165, 1.54) is 0 Å². The van der Waals surface area contributed by atoms with Gasteiger partial charge in [-0.3, -0.25) is 14.6 Å². The Hall–Kier alpha value is -3.35. The zero-order valence-electron chi connectivity index (χ0n) is 19.9. The molecule has 0 radical (unpaired) electrons. The normalized spacial score (nSPS) is 14.1. The number of nitrogens with one attached hydrogen (secondary N) is 3. The van der Waals surface area contributed by atoms with Gasteiger partial charge >= 0.3 is 0 Å². The summed E-state index contributed by atoms with van der Waals surface area (Å²) in [4.78, 5) is 30.4. The molecule has 0 saturated heterocycles. The van der Waals surface area contributed by atoms with Crippen molar-refractivity contribution in [2.45, 2.75) is 38.6 Å². The minimum atomic E-state index is 0.00366. The Kier molecular flexibility index (Phi) is 8.87. The Labute approximate surface area is 196 Å². The number of guanidine groups is 1. The Bertz CT molecular complexity index is 980. The molecule has 2 amide bonds. The maximum absolute atomic E-state index is 12.4. The van der Waals surface area contributed by atoms with Gasteiger partial charge in [-0.05, 0) is 54.7 Å². The molecule has 1 saturated carbocycles. The summed E-state index contributed by atoms with van der Waals surface area (Å²) in [6, 6.07) is 15.6. The van der Waals surface area contributed by atoms with Crippen molar-refractivity contribution >= 4 is 23.5 Å². The standard InChI is InChI=1S/C26H35N5O2/c1-27-26(28-15-14-19-8-6-12-22(16-19)25(33)31(2)3)29-18-20-9-7-13-23(17-20)30-24(32)21-10-4-5-11-21/h6-9,12-13,16-17,21H,4-5,10-11,14-15,18H2,1-3H3,(H,30,32)(H2,27,28,29). The number of hydrogen-bond acceptors (Lipinski definition) is 3. The molecule has 0 aliphatic heterocycles. The highest BCUT2D eigenvalue weighted by molar-refractivity contribution is 5.94. The second kappa shape index (κ2) is 12.0. The lowest BCUT2D eigenvalue weighted by atomic mass is 10.1. The highest BCUT2D eigenvalue weighted by atomic mass is 16.2. The maximum atomic E-state index is 12.4. The maximum Gasteiger partial charge on any atom is 0.253 e. The second-order valence-corrected chi connectivity index (χ2v) is 8.67. The average Bonchev–Trinajstić information content (AvgIpc) is 3.36. The summed E-state index contributed by atoms with van der Waals surface area (Å²) in [5.41, 5.74) is 3.69. The number of anilines is 1. The summed E-state index contributed by atoms with van der Waals surface area (Å²) in [7, 11) is 5.25. The molecule has 0 spiro atoms. The first-order valence-electron chi connectivity index (χ1n) is 11.6. The van der Waals surface area contributed by atoms with Gasteiger partial charge in [0.1, 0.15) is 0 Å². The molecule has 0 aromatic heterocycles. The number of amides is 2. The molecule has 2 aromatic carbocycles. The molecule has 2 aromatic rings. The summed E-state index contributed by atoms with van der Waals surface area (Å²) in [6.07, 6.45) is 5.05. The third-order valence-electron chi connectivity index (χ3n) is 5.89. The van der Waals surface area contributed by atoms with Crippen molar-refractivity contribution in [1.29, 1.82) is 0 Å². The van der Waals surface area contributed by atoms with Crippen molar-refractivity contribution in [2.24, 2.45) is 10.9 Å². The molecule has 0 unspecified atom stereocenters. The van der Waals surface area contributed by atoms with E-state index in [4.69, 9.17) is 0 Å². The van der Waals surface area contributed by atoms with Crippen molar-refractivity contribution in [3.05, 3.63) is 65.2 Å². The van der Waals surface area contributed by atoms with Crippen LogP contribution >= 0.6 is 0 Å². The van der Waals surface area contributed by atoms with E-state index in [1.54, 1.807) is 26.0 Å². The number of hydrogen-bond donors (Lipinski definition) is 3. The fourth-order valence-corrected chi connectivity index (χ4v) is 4.04. The summed E-state index contributed by atoms with van der Waals surface area (Å²) in [5.74, 6) is 0.989. The van der Waals surface area contributed by atoms with Crippen molar-refractivity contribution in [1.82, 2.24) is 15.5 Å². The van der Waals surface area contributed by atoms with Gasteiger partial charge in [0.05, 0.1) is 0 Å². The van der Waals surface area contributed by atoms with Gasteiger partial charge in [-0.15, -0.1) is 0 Å². The van der Waals surface area contributed by atoms with Crippen molar-refractivity contribution in [3.8, 4) is 0 Å². The van der Waals surface area contributed by atoms with Crippen LogP contribution in [0.2, 0.25) is 0 Å². The third kappa shape index (κ3) is 7.34. The molecule has 33 heavy (non-hydrogen) atoms. The molecule has 3 rings (SSSR count). The summed E-state index contributed by atoms with van der Waals surface area (Å²) in [5, 5.41) is 9.69. The van der Waals surface area contributed by atoms with Gasteiger partial charge in [-0.2, -0.15) is 0 Å². The Morgan fingerprint density at radius 3 is 2.45 bits per heavy atom. The molecule has 176 valence electrons. The molecule has 7 heteroatoms. The molecule has 1 aliphatic carbocycles. The summed E-state index contributed by atoms with van der Waals surface area (Å²) < 4.78 is 0. The summed E-state index contributed by atoms with van der Waals surface area (Å²) in [6.45, 7) is 1.29. The Morgan fingerprint density at radius 2 is 1.73 bits per heavy atom. The lowest BCUT2D eigenvalue weighted by Gasteiger charge is -2.14. The van der Waals surface area contributed by atoms with E-state index in [2.05, 4.69) is 20.9 Å². The molecule has 1 aliphatic rings. The van der Waals surface area contributed by atoms with Crippen LogP contribution in [0.25, 0.3) is 0 Å². The van der Waals surface area contributed by atoms with E-state index in [0.29, 0.717) is 24.6 Å². The van der Waals surface area contributed by atoms with Crippen LogP contribution in [-0.4, -0.2) is 50.4 Å². The van der Waals surface area contributed by atoms with E-state index in [9.17, 15) is 9.59 Å². The molecule has 1 fully saturated rings. The number of benzene rings is 2. The molecular weight excluding hydrogens is 414 g/mol. The number of nitrogens with zero attached hydrogens (tertiary/aromatic N) is 2. The zero-order chi connectivity index (χ0) is 23.6. The molecule has 0 bridgehead atoms. The van der Waals surface area contributed by atoms with Crippen LogP contribution in [0.5, 0.6) is 0 Å². The largest absolute Gasteiger partial charge is 0.356 e. The van der Waals surface area contributed by atoms with Crippen LogP contribution in [0.15, 0.2) is 53.5 Å². The fraction of sp³-hybridized carbons (Fsp3) is 0.423. The van der Waals surface area contributed by atoms with E-state index < -0.39 is 0 Å². The van der Waals surface area contributed by atoms with Gasteiger partial charge < -0.3 is 20.9 Å². The van der Waals surface area contributed by atoms with Crippen LogP contribution in [0.3, 0.4) is 0 Å². The van der Waals surface area contributed by atoms with E-state index in [-0.39, 0.29) is 17.7 Å². The molecule has 0 heterocycles. The highest BCUT2D eigenvalue weighted by Gasteiger charge is 2.22. The van der Waals surface area contributed by atoms with Crippen LogP contribution < -0.4 is 16.0 Å². The molecule has 7 nitrogen and oxygen atoms in total. The second-order valence-electron chi connectivity index (χ2n) is 8.67. The lowest BCUT2D eigenvalue weighted by Crippen LogP contribution is -2.37. The number of carbonyl (C=O) groups is 2. The predicted octanol–water partition coefficient (Wildman–Crippen LogP) is 3.42. The van der Waals surface area contributed by atoms with Gasteiger partial charge in [0.2, 0.25) is 5.91 Å². The predicted molar refractivity (Wildman–Crippen MR) is 133 cm³/mol. The molecule has 3 N–H and O–H groups in total. The van der Waals surface area contributed by atoms with Crippen molar-refractivity contribution in [3.63, 3.8) is 0 Å². The Balaban J connectivity index is 1.46. The van der Waals surface area contributed by atoms with Gasteiger partial charge in [-0.1, -0.05) is 37.1 Å². The first kappa shape index (κ1) is 24.3. The summed E-state index contributed by atoms with van der Waals surface area (Å²) >= 11 is 0.